The van der Waals surface area contributed by atoms with Crippen LogP contribution in [0, 0.1) is 0 Å². The average molecular weight is 314 g/mol. The smallest absolute Gasteiger partial charge is 0.248 e. The molecule has 3 rings (SSSR count). The monoisotopic (exact) mass is 314 g/mol. The van der Waals surface area contributed by atoms with Gasteiger partial charge in [-0.3, -0.25) is 24.3 Å². The van der Waals surface area contributed by atoms with Crippen molar-refractivity contribution in [2.45, 2.75) is 24.9 Å². The van der Waals surface area contributed by atoms with Gasteiger partial charge in [-0.25, -0.2) is 0 Å². The average Bonchev–Trinajstić information content (AvgIpc) is 3.15. The highest BCUT2D eigenvalue weighted by Gasteiger charge is 2.50. The minimum absolute atomic E-state index is 0.0550. The second-order valence-corrected chi connectivity index (χ2v) is 6.20. The third kappa shape index (κ3) is 2.72. The van der Waals surface area contributed by atoms with E-state index in [1.807, 2.05) is 19.4 Å². The minimum Gasteiger partial charge on any atom is -0.347 e. The Bertz CT molecular complexity index is 683. The van der Waals surface area contributed by atoms with Gasteiger partial charge >= 0.3 is 0 Å². The van der Waals surface area contributed by atoms with Gasteiger partial charge in [-0.2, -0.15) is 5.10 Å². The van der Waals surface area contributed by atoms with Gasteiger partial charge in [-0.15, -0.1) is 0 Å². The molecule has 0 saturated carbocycles. The number of hydrogen-bond donors (Lipinski definition) is 0. The van der Waals surface area contributed by atoms with Crippen molar-refractivity contribution < 1.29 is 4.79 Å². The highest BCUT2D eigenvalue weighted by Crippen LogP contribution is 2.40. The number of rotatable bonds is 4. The molecule has 0 aromatic carbocycles. The van der Waals surface area contributed by atoms with Crippen LogP contribution in [0.5, 0.6) is 0 Å². The van der Waals surface area contributed by atoms with Gasteiger partial charge in [0.1, 0.15) is 5.54 Å². The van der Waals surface area contributed by atoms with Crippen LogP contribution in [-0.4, -0.2) is 56.1 Å². The Labute approximate surface area is 135 Å². The van der Waals surface area contributed by atoms with E-state index in [0.29, 0.717) is 6.54 Å². The fourth-order valence-electron chi connectivity index (χ4n) is 3.39. The van der Waals surface area contributed by atoms with Gasteiger partial charge in [-0.1, -0.05) is 0 Å². The second kappa shape index (κ2) is 6.08. The molecule has 23 heavy (non-hydrogen) atoms. The molecule has 3 heterocycles. The van der Waals surface area contributed by atoms with Crippen LogP contribution in [0.3, 0.4) is 0 Å². The molecule has 1 aliphatic rings. The first-order valence-corrected chi connectivity index (χ1v) is 7.75. The third-order valence-electron chi connectivity index (χ3n) is 4.39. The molecule has 0 radical (unpaired) electrons. The van der Waals surface area contributed by atoms with Gasteiger partial charge in [0.15, 0.2) is 0 Å². The van der Waals surface area contributed by atoms with Crippen LogP contribution in [0.2, 0.25) is 0 Å². The number of aryl methyl sites for hydroxylation is 1. The van der Waals surface area contributed by atoms with Gasteiger partial charge in [0.05, 0.1) is 18.1 Å². The van der Waals surface area contributed by atoms with E-state index in [1.165, 1.54) is 0 Å². The lowest BCUT2D eigenvalue weighted by Crippen LogP contribution is -2.52. The van der Waals surface area contributed by atoms with E-state index in [4.69, 9.17) is 0 Å². The number of aromatic nitrogens is 4. The predicted molar refractivity (Wildman–Crippen MR) is 85.3 cm³/mol. The van der Waals surface area contributed by atoms with Crippen molar-refractivity contribution in [3.8, 4) is 0 Å². The van der Waals surface area contributed by atoms with E-state index in [1.54, 1.807) is 42.3 Å². The summed E-state index contributed by atoms with van der Waals surface area (Å²) in [6, 6.07) is 0. The molecular formula is C16H22N6O. The molecule has 0 spiro atoms. The lowest BCUT2D eigenvalue weighted by molar-refractivity contribution is -0.141. The van der Waals surface area contributed by atoms with E-state index in [2.05, 4.69) is 20.0 Å². The topological polar surface area (TPSA) is 67.2 Å². The van der Waals surface area contributed by atoms with Crippen molar-refractivity contribution in [1.82, 2.24) is 29.5 Å². The second-order valence-electron chi connectivity index (χ2n) is 6.20. The molecule has 2 aromatic heterocycles. The first kappa shape index (κ1) is 15.6. The van der Waals surface area contributed by atoms with Gasteiger partial charge in [0, 0.05) is 51.8 Å². The van der Waals surface area contributed by atoms with Gasteiger partial charge in [-0.05, 0) is 19.4 Å². The molecule has 2 aromatic rings. The number of likely N-dealkylation sites (tertiary alicyclic amines) is 1. The van der Waals surface area contributed by atoms with Crippen molar-refractivity contribution in [1.29, 1.82) is 0 Å². The summed E-state index contributed by atoms with van der Waals surface area (Å²) in [6.07, 6.45) is 10.5. The molecule has 122 valence electrons. The molecule has 1 amide bonds. The summed E-state index contributed by atoms with van der Waals surface area (Å²) in [5, 5.41) is 4.23. The number of likely N-dealkylation sites (N-methyl/N-ethyl adjacent to an activating group) is 1. The maximum atomic E-state index is 13.1. The first-order valence-electron chi connectivity index (χ1n) is 7.75. The quantitative estimate of drug-likeness (QED) is 0.835. The standard InChI is InChI=1S/C16H22N6O/c1-20(2)15(23)16(14-10-17-6-7-18-14)5-4-8-22(16)12-13-9-19-21(3)11-13/h6-7,9-11H,4-5,8,12H2,1-3H3/t16-/m0/s1. The molecule has 0 bridgehead atoms. The zero-order chi connectivity index (χ0) is 16.4. The lowest BCUT2D eigenvalue weighted by Gasteiger charge is -2.38. The summed E-state index contributed by atoms with van der Waals surface area (Å²) in [5.41, 5.74) is 1.07. The molecule has 1 fully saturated rings. The molecule has 1 saturated heterocycles. The van der Waals surface area contributed by atoms with Crippen LogP contribution in [0.15, 0.2) is 31.0 Å². The Kier molecular flexibility index (Phi) is 4.12. The maximum absolute atomic E-state index is 13.1. The SMILES string of the molecule is CN(C)C(=O)[C@@]1(c2cnccn2)CCCN1Cc1cnn(C)c1. The Balaban J connectivity index is 2.01. The molecular weight excluding hydrogens is 292 g/mol. The van der Waals surface area contributed by atoms with E-state index in [9.17, 15) is 4.79 Å². The number of carbonyl (C=O) groups excluding carboxylic acids is 1. The first-order chi connectivity index (χ1) is 11.0. The number of hydrogen-bond acceptors (Lipinski definition) is 5. The number of carbonyl (C=O) groups is 1. The van der Waals surface area contributed by atoms with Crippen molar-refractivity contribution in [3.63, 3.8) is 0 Å². The number of amides is 1. The fourth-order valence-corrected chi connectivity index (χ4v) is 3.39. The maximum Gasteiger partial charge on any atom is 0.248 e. The largest absolute Gasteiger partial charge is 0.347 e. The summed E-state index contributed by atoms with van der Waals surface area (Å²) in [5.74, 6) is 0.0550. The molecule has 7 heteroatoms. The zero-order valence-corrected chi connectivity index (χ0v) is 13.8. The van der Waals surface area contributed by atoms with Crippen LogP contribution >= 0.6 is 0 Å². The fraction of sp³-hybridized carbons (Fsp3) is 0.500. The molecule has 0 unspecified atom stereocenters. The molecule has 1 aliphatic heterocycles. The Hall–Kier alpha value is -2.28. The third-order valence-corrected chi connectivity index (χ3v) is 4.39. The molecule has 1 atom stereocenters. The van der Waals surface area contributed by atoms with Crippen molar-refractivity contribution >= 4 is 5.91 Å². The van der Waals surface area contributed by atoms with Crippen LogP contribution in [0.4, 0.5) is 0 Å². The van der Waals surface area contributed by atoms with Crippen LogP contribution in [-0.2, 0) is 23.9 Å². The predicted octanol–water partition coefficient (Wildman–Crippen LogP) is 0.790. The summed E-state index contributed by atoms with van der Waals surface area (Å²) in [4.78, 5) is 25.6. The van der Waals surface area contributed by atoms with E-state index in [-0.39, 0.29) is 5.91 Å². The minimum atomic E-state index is -0.742. The summed E-state index contributed by atoms with van der Waals surface area (Å²) in [6.45, 7) is 1.52. The Morgan fingerprint density at radius 3 is 2.78 bits per heavy atom. The van der Waals surface area contributed by atoms with Crippen LogP contribution < -0.4 is 0 Å². The van der Waals surface area contributed by atoms with E-state index in [0.717, 1.165) is 30.6 Å². The highest BCUT2D eigenvalue weighted by molar-refractivity contribution is 5.87. The molecule has 0 N–H and O–H groups in total. The van der Waals surface area contributed by atoms with Crippen molar-refractivity contribution in [2.24, 2.45) is 7.05 Å². The Morgan fingerprint density at radius 1 is 1.35 bits per heavy atom. The molecule has 0 aliphatic carbocycles. The summed E-state index contributed by atoms with van der Waals surface area (Å²) >= 11 is 0. The lowest BCUT2D eigenvalue weighted by atomic mass is 9.90. The van der Waals surface area contributed by atoms with E-state index < -0.39 is 5.54 Å². The zero-order valence-electron chi connectivity index (χ0n) is 13.8. The van der Waals surface area contributed by atoms with Crippen molar-refractivity contribution in [2.75, 3.05) is 20.6 Å². The van der Waals surface area contributed by atoms with Gasteiger partial charge in [0.25, 0.3) is 0 Å². The number of nitrogens with zero attached hydrogens (tertiary/aromatic N) is 6. The highest BCUT2D eigenvalue weighted by atomic mass is 16.2. The van der Waals surface area contributed by atoms with Gasteiger partial charge in [0.2, 0.25) is 5.91 Å². The van der Waals surface area contributed by atoms with E-state index >= 15 is 0 Å². The van der Waals surface area contributed by atoms with Crippen LogP contribution in [0.1, 0.15) is 24.1 Å². The molecule has 7 nitrogen and oxygen atoms in total. The van der Waals surface area contributed by atoms with Crippen molar-refractivity contribution in [3.05, 3.63) is 42.2 Å². The summed E-state index contributed by atoms with van der Waals surface area (Å²) in [7, 11) is 5.48. The van der Waals surface area contributed by atoms with Crippen LogP contribution in [0.25, 0.3) is 0 Å². The van der Waals surface area contributed by atoms with Gasteiger partial charge < -0.3 is 4.90 Å². The normalized spacial score (nSPS) is 21.5. The Morgan fingerprint density at radius 2 is 2.17 bits per heavy atom. The summed E-state index contributed by atoms with van der Waals surface area (Å²) < 4.78 is 1.78.